The molecule has 0 fully saturated rings. The molecular formula is C11H12N6S. The highest BCUT2D eigenvalue weighted by Crippen LogP contribution is 2.18. The lowest BCUT2D eigenvalue weighted by Crippen LogP contribution is -2.04. The van der Waals surface area contributed by atoms with Gasteiger partial charge >= 0.3 is 0 Å². The van der Waals surface area contributed by atoms with Crippen LogP contribution in [-0.4, -0.2) is 25.3 Å². The molecule has 0 aromatic carbocycles. The van der Waals surface area contributed by atoms with E-state index in [1.807, 2.05) is 12.1 Å². The largest absolute Gasteiger partial charge is 0.364 e. The van der Waals surface area contributed by atoms with Gasteiger partial charge in [0.15, 0.2) is 5.65 Å². The molecule has 0 aliphatic heterocycles. The Balaban J connectivity index is 1.76. The van der Waals surface area contributed by atoms with Crippen LogP contribution in [0.25, 0.3) is 5.65 Å². The van der Waals surface area contributed by atoms with Gasteiger partial charge in [0.2, 0.25) is 0 Å². The molecule has 1 N–H and O–H groups in total. The molecule has 0 atom stereocenters. The van der Waals surface area contributed by atoms with Gasteiger partial charge in [-0.25, -0.2) is 0 Å². The van der Waals surface area contributed by atoms with Crippen LogP contribution in [0.2, 0.25) is 0 Å². The molecule has 0 bridgehead atoms. The first-order valence-electron chi connectivity index (χ1n) is 5.71. The summed E-state index contributed by atoms with van der Waals surface area (Å²) >= 11 is 1.76. The summed E-state index contributed by atoms with van der Waals surface area (Å²) in [6.07, 6.45) is 1.06. The predicted molar refractivity (Wildman–Crippen MR) is 69.6 cm³/mol. The van der Waals surface area contributed by atoms with E-state index in [4.69, 9.17) is 0 Å². The van der Waals surface area contributed by atoms with Crippen LogP contribution < -0.4 is 5.32 Å². The summed E-state index contributed by atoms with van der Waals surface area (Å²) in [6.45, 7) is 2.94. The molecule has 6 nitrogen and oxygen atoms in total. The van der Waals surface area contributed by atoms with Crippen molar-refractivity contribution in [2.24, 2.45) is 0 Å². The number of aryl methyl sites for hydroxylation is 1. The molecule has 92 valence electrons. The summed E-state index contributed by atoms with van der Waals surface area (Å²) in [6, 6.07) is 5.88. The Morgan fingerprint density at radius 3 is 3.17 bits per heavy atom. The van der Waals surface area contributed by atoms with Gasteiger partial charge < -0.3 is 5.32 Å². The van der Waals surface area contributed by atoms with Crippen molar-refractivity contribution in [3.8, 4) is 0 Å². The minimum Gasteiger partial charge on any atom is -0.364 e. The van der Waals surface area contributed by atoms with Gasteiger partial charge in [-0.15, -0.1) is 26.2 Å². The van der Waals surface area contributed by atoms with Crippen LogP contribution in [-0.2, 0) is 13.0 Å². The molecule has 0 radical (unpaired) electrons. The quantitative estimate of drug-likeness (QED) is 0.774. The van der Waals surface area contributed by atoms with Crippen LogP contribution in [0.15, 0.2) is 23.6 Å². The van der Waals surface area contributed by atoms with Crippen molar-refractivity contribution in [3.05, 3.63) is 34.0 Å². The number of nitrogens with zero attached hydrogens (tertiary/aromatic N) is 5. The van der Waals surface area contributed by atoms with Crippen molar-refractivity contribution in [1.82, 2.24) is 25.3 Å². The Morgan fingerprint density at radius 2 is 2.28 bits per heavy atom. The van der Waals surface area contributed by atoms with E-state index in [2.05, 4.69) is 44.3 Å². The third kappa shape index (κ3) is 2.04. The zero-order valence-electron chi connectivity index (χ0n) is 9.87. The third-order valence-corrected chi connectivity index (χ3v) is 3.68. The normalized spacial score (nSPS) is 10.9. The number of anilines is 1. The van der Waals surface area contributed by atoms with Crippen LogP contribution in [0.5, 0.6) is 0 Å². The van der Waals surface area contributed by atoms with E-state index in [9.17, 15) is 0 Å². The molecule has 0 unspecified atom stereocenters. The summed E-state index contributed by atoms with van der Waals surface area (Å²) in [4.78, 5) is 1.34. The second-order valence-electron chi connectivity index (χ2n) is 3.82. The average molecular weight is 260 g/mol. The highest BCUT2D eigenvalue weighted by Gasteiger charge is 2.04. The lowest BCUT2D eigenvalue weighted by molar-refractivity contribution is 0.734. The van der Waals surface area contributed by atoms with E-state index in [1.54, 1.807) is 11.3 Å². The van der Waals surface area contributed by atoms with Crippen molar-refractivity contribution >= 4 is 22.8 Å². The molecule has 0 aliphatic carbocycles. The van der Waals surface area contributed by atoms with Crippen molar-refractivity contribution in [3.63, 3.8) is 0 Å². The second kappa shape index (κ2) is 4.69. The van der Waals surface area contributed by atoms with Crippen molar-refractivity contribution < 1.29 is 0 Å². The molecule has 0 aliphatic rings. The SMILES string of the molecule is CCc1ccsc1CNc1ccc2nnnn2n1. The van der Waals surface area contributed by atoms with Gasteiger partial charge in [0.25, 0.3) is 0 Å². The number of tetrazole rings is 1. The van der Waals surface area contributed by atoms with Gasteiger partial charge in [0, 0.05) is 4.88 Å². The number of rotatable bonds is 4. The maximum Gasteiger partial charge on any atom is 0.200 e. The Morgan fingerprint density at radius 1 is 1.33 bits per heavy atom. The van der Waals surface area contributed by atoms with E-state index >= 15 is 0 Å². The van der Waals surface area contributed by atoms with Crippen molar-refractivity contribution in [2.45, 2.75) is 19.9 Å². The summed E-state index contributed by atoms with van der Waals surface area (Å²) in [5.74, 6) is 0.769. The fourth-order valence-electron chi connectivity index (χ4n) is 1.75. The van der Waals surface area contributed by atoms with E-state index in [1.165, 1.54) is 15.1 Å². The first-order chi connectivity index (χ1) is 8.86. The number of hydrogen-bond acceptors (Lipinski definition) is 6. The summed E-state index contributed by atoms with van der Waals surface area (Å²) in [7, 11) is 0. The van der Waals surface area contributed by atoms with E-state index < -0.39 is 0 Å². The Kier molecular flexibility index (Phi) is 2.89. The Bertz CT molecular complexity index is 658. The van der Waals surface area contributed by atoms with E-state index in [0.29, 0.717) is 5.65 Å². The molecule has 3 aromatic heterocycles. The number of fused-ring (bicyclic) bond motifs is 1. The number of nitrogens with one attached hydrogen (secondary N) is 1. The molecule has 18 heavy (non-hydrogen) atoms. The smallest absolute Gasteiger partial charge is 0.200 e. The maximum atomic E-state index is 4.26. The first-order valence-corrected chi connectivity index (χ1v) is 6.59. The molecule has 0 saturated carbocycles. The first kappa shape index (κ1) is 11.1. The van der Waals surface area contributed by atoms with Crippen LogP contribution in [0.4, 0.5) is 5.82 Å². The summed E-state index contributed by atoms with van der Waals surface area (Å²) < 4.78 is 1.41. The Labute approximate surface area is 108 Å². The van der Waals surface area contributed by atoms with Crippen LogP contribution in [0.3, 0.4) is 0 Å². The van der Waals surface area contributed by atoms with Crippen LogP contribution >= 0.6 is 11.3 Å². The van der Waals surface area contributed by atoms with E-state index in [0.717, 1.165) is 18.8 Å². The highest BCUT2D eigenvalue weighted by molar-refractivity contribution is 7.10. The van der Waals surface area contributed by atoms with Crippen LogP contribution in [0, 0.1) is 0 Å². The second-order valence-corrected chi connectivity index (χ2v) is 4.82. The standard InChI is InChI=1S/C11H12N6S/c1-2-8-5-6-18-9(8)7-12-10-3-4-11-13-15-16-17(11)14-10/h3-6H,2,7H2,1H3,(H,12,14). The van der Waals surface area contributed by atoms with Gasteiger partial charge in [-0.1, -0.05) is 6.92 Å². The minimum atomic E-state index is 0.644. The zero-order chi connectivity index (χ0) is 12.4. The lowest BCUT2D eigenvalue weighted by atomic mass is 10.2. The minimum absolute atomic E-state index is 0.644. The van der Waals surface area contributed by atoms with Crippen LogP contribution in [0.1, 0.15) is 17.4 Å². The fraction of sp³-hybridized carbons (Fsp3) is 0.273. The van der Waals surface area contributed by atoms with Crippen molar-refractivity contribution in [2.75, 3.05) is 5.32 Å². The van der Waals surface area contributed by atoms with Gasteiger partial charge in [-0.05, 0) is 46.0 Å². The molecule has 3 aromatic rings. The van der Waals surface area contributed by atoms with Gasteiger partial charge in [-0.3, -0.25) is 0 Å². The summed E-state index contributed by atoms with van der Waals surface area (Å²) in [5.41, 5.74) is 2.03. The Hall–Kier alpha value is -2.02. The third-order valence-electron chi connectivity index (χ3n) is 2.72. The molecule has 7 heteroatoms. The van der Waals surface area contributed by atoms with Crippen molar-refractivity contribution in [1.29, 1.82) is 0 Å². The molecule has 3 heterocycles. The zero-order valence-corrected chi connectivity index (χ0v) is 10.7. The van der Waals surface area contributed by atoms with E-state index in [-0.39, 0.29) is 0 Å². The highest BCUT2D eigenvalue weighted by atomic mass is 32.1. The number of hydrogen-bond donors (Lipinski definition) is 1. The molecule has 0 spiro atoms. The summed E-state index contributed by atoms with van der Waals surface area (Å²) in [5, 5.41) is 20.8. The monoisotopic (exact) mass is 260 g/mol. The number of aromatic nitrogens is 5. The van der Waals surface area contributed by atoms with Gasteiger partial charge in [0.1, 0.15) is 5.82 Å². The molecule has 0 saturated heterocycles. The number of thiophene rings is 1. The average Bonchev–Trinajstić information content (AvgIpc) is 3.04. The predicted octanol–water partition coefficient (Wildman–Crippen LogP) is 1.76. The molecular weight excluding hydrogens is 248 g/mol. The maximum absolute atomic E-state index is 4.26. The molecule has 0 amide bonds. The van der Waals surface area contributed by atoms with Gasteiger partial charge in [-0.2, -0.15) is 0 Å². The fourth-order valence-corrected chi connectivity index (χ4v) is 2.67. The van der Waals surface area contributed by atoms with Gasteiger partial charge in [0.05, 0.1) is 6.54 Å². The lowest BCUT2D eigenvalue weighted by Gasteiger charge is -2.05. The topological polar surface area (TPSA) is 68.0 Å². The molecule has 3 rings (SSSR count).